The molecule has 134 valence electrons. The van der Waals surface area contributed by atoms with E-state index in [9.17, 15) is 0 Å². The van der Waals surface area contributed by atoms with Crippen molar-refractivity contribution in [1.82, 2.24) is 0 Å². The van der Waals surface area contributed by atoms with E-state index >= 15 is 0 Å². The SMILES string of the molecule is C[Si](C)(C)O[Si](O[Si](O[Si](C)(C)C)c1ccccc1)c1ccccc1. The molecule has 0 aliphatic heterocycles. The third-order valence-corrected chi connectivity index (χ3v) is 12.5. The van der Waals surface area contributed by atoms with Gasteiger partial charge in [0.05, 0.1) is 0 Å². The van der Waals surface area contributed by atoms with E-state index in [1.54, 1.807) is 0 Å². The summed E-state index contributed by atoms with van der Waals surface area (Å²) in [5.41, 5.74) is 0. The molecule has 3 nitrogen and oxygen atoms in total. The van der Waals surface area contributed by atoms with Crippen LogP contribution in [0, 0.1) is 0 Å². The summed E-state index contributed by atoms with van der Waals surface area (Å²) in [6, 6.07) is 20.7. The maximum atomic E-state index is 6.60. The standard InChI is InChI=1S/C18H28O3Si4/c1-24(2,3)20-22(17-13-9-7-10-14-17)19-23(21-25(4,5)6)18-15-11-8-12-16-18/h7-16H,1-6H3. The molecule has 2 aromatic carbocycles. The normalized spacial score (nSPS) is 12.8. The molecule has 0 unspecified atom stereocenters. The van der Waals surface area contributed by atoms with Gasteiger partial charge in [0.1, 0.15) is 0 Å². The zero-order valence-electron chi connectivity index (χ0n) is 16.0. The first-order chi connectivity index (χ1) is 11.6. The van der Waals surface area contributed by atoms with Crippen LogP contribution in [-0.2, 0) is 12.3 Å². The predicted octanol–water partition coefficient (Wildman–Crippen LogP) is 3.50. The van der Waals surface area contributed by atoms with Crippen LogP contribution in [0.2, 0.25) is 39.3 Å². The van der Waals surface area contributed by atoms with Gasteiger partial charge in [-0.2, -0.15) is 0 Å². The number of hydrogen-bond acceptors (Lipinski definition) is 3. The average molecular weight is 405 g/mol. The van der Waals surface area contributed by atoms with Crippen molar-refractivity contribution < 1.29 is 12.3 Å². The van der Waals surface area contributed by atoms with Crippen LogP contribution in [0.5, 0.6) is 0 Å². The highest BCUT2D eigenvalue weighted by molar-refractivity contribution is 6.86. The van der Waals surface area contributed by atoms with Crippen molar-refractivity contribution in [2.75, 3.05) is 0 Å². The molecule has 0 spiro atoms. The van der Waals surface area contributed by atoms with Crippen LogP contribution in [0.1, 0.15) is 0 Å². The van der Waals surface area contributed by atoms with Gasteiger partial charge in [-0.15, -0.1) is 0 Å². The highest BCUT2D eigenvalue weighted by Gasteiger charge is 2.35. The lowest BCUT2D eigenvalue weighted by molar-refractivity contribution is 0.386. The maximum Gasteiger partial charge on any atom is 0.403 e. The van der Waals surface area contributed by atoms with Crippen LogP contribution in [0.15, 0.2) is 60.7 Å². The fourth-order valence-electron chi connectivity index (χ4n) is 2.07. The number of benzene rings is 2. The second-order valence-electron chi connectivity index (χ2n) is 7.84. The molecule has 0 aliphatic carbocycles. The third-order valence-electron chi connectivity index (χ3n) is 3.00. The fraction of sp³-hybridized carbons (Fsp3) is 0.333. The number of rotatable bonds is 8. The Hall–Kier alpha value is -0.812. The highest BCUT2D eigenvalue weighted by Crippen LogP contribution is 2.11. The van der Waals surface area contributed by atoms with E-state index in [0.29, 0.717) is 0 Å². The molecule has 0 aromatic heterocycles. The van der Waals surface area contributed by atoms with Crippen LogP contribution >= 0.6 is 0 Å². The molecule has 0 N–H and O–H groups in total. The summed E-state index contributed by atoms with van der Waals surface area (Å²) in [5.74, 6) is 0. The Morgan fingerprint density at radius 1 is 0.560 bits per heavy atom. The van der Waals surface area contributed by atoms with E-state index in [4.69, 9.17) is 12.3 Å². The van der Waals surface area contributed by atoms with E-state index in [1.165, 1.54) is 0 Å². The van der Waals surface area contributed by atoms with Gasteiger partial charge in [-0.25, -0.2) is 0 Å². The molecule has 2 radical (unpaired) electrons. The molecule has 0 saturated heterocycles. The summed E-state index contributed by atoms with van der Waals surface area (Å²) in [7, 11) is -6.66. The van der Waals surface area contributed by atoms with Crippen molar-refractivity contribution in [3.05, 3.63) is 60.7 Å². The van der Waals surface area contributed by atoms with E-state index in [1.807, 2.05) is 36.4 Å². The zero-order valence-corrected chi connectivity index (χ0v) is 20.0. The zero-order chi connectivity index (χ0) is 18.5. The Morgan fingerprint density at radius 2 is 0.880 bits per heavy atom. The van der Waals surface area contributed by atoms with Gasteiger partial charge in [0.15, 0.2) is 16.6 Å². The Kier molecular flexibility index (Phi) is 7.15. The molecule has 2 aromatic rings. The van der Waals surface area contributed by atoms with Gasteiger partial charge in [0.25, 0.3) is 0 Å². The van der Waals surface area contributed by atoms with E-state index < -0.39 is 35.2 Å². The van der Waals surface area contributed by atoms with Gasteiger partial charge in [0, 0.05) is 0 Å². The molecule has 0 aliphatic rings. The smallest absolute Gasteiger partial charge is 0.403 e. The third kappa shape index (κ3) is 7.53. The molecular weight excluding hydrogens is 377 g/mol. The van der Waals surface area contributed by atoms with Crippen LogP contribution in [-0.4, -0.2) is 35.2 Å². The second kappa shape index (κ2) is 8.72. The van der Waals surface area contributed by atoms with Crippen molar-refractivity contribution in [2.24, 2.45) is 0 Å². The highest BCUT2D eigenvalue weighted by atomic mass is 28.5. The lowest BCUT2D eigenvalue weighted by Crippen LogP contribution is -2.54. The minimum absolute atomic E-state index is 1.15. The van der Waals surface area contributed by atoms with E-state index in [0.717, 1.165) is 10.4 Å². The summed E-state index contributed by atoms with van der Waals surface area (Å²) in [5, 5.41) is 2.29. The molecule has 7 heteroatoms. The van der Waals surface area contributed by atoms with Crippen molar-refractivity contribution in [3.63, 3.8) is 0 Å². The van der Waals surface area contributed by atoms with Gasteiger partial charge in [-0.05, 0) is 49.7 Å². The first-order valence-electron chi connectivity index (χ1n) is 8.55. The monoisotopic (exact) mass is 404 g/mol. The Labute approximate surface area is 157 Å². The molecule has 0 heterocycles. The van der Waals surface area contributed by atoms with Gasteiger partial charge in [-0.1, -0.05) is 60.7 Å². The molecular formula is C18H28O3Si4. The Balaban J connectivity index is 2.31. The van der Waals surface area contributed by atoms with E-state index in [-0.39, 0.29) is 0 Å². The maximum absolute atomic E-state index is 6.60. The van der Waals surface area contributed by atoms with Crippen LogP contribution < -0.4 is 10.4 Å². The molecule has 0 fully saturated rings. The minimum atomic E-state index is -1.74. The number of hydrogen-bond donors (Lipinski definition) is 0. The predicted molar refractivity (Wildman–Crippen MR) is 114 cm³/mol. The summed E-state index contributed by atoms with van der Waals surface area (Å²) in [4.78, 5) is 0. The average Bonchev–Trinajstić information content (AvgIpc) is 2.53. The molecule has 0 atom stereocenters. The summed E-state index contributed by atoms with van der Waals surface area (Å²) in [6.45, 7) is 13.2. The lowest BCUT2D eigenvalue weighted by Gasteiger charge is -2.30. The quantitative estimate of drug-likeness (QED) is 0.630. The van der Waals surface area contributed by atoms with Crippen LogP contribution in [0.25, 0.3) is 0 Å². The minimum Gasteiger partial charge on any atom is -0.432 e. The van der Waals surface area contributed by atoms with Gasteiger partial charge in [0.2, 0.25) is 0 Å². The summed E-state index contributed by atoms with van der Waals surface area (Å²) >= 11 is 0. The fourth-order valence-corrected chi connectivity index (χ4v) is 11.1. The molecule has 0 saturated carbocycles. The molecule has 2 rings (SSSR count). The lowest BCUT2D eigenvalue weighted by atomic mass is 10.4. The summed E-state index contributed by atoms with van der Waals surface area (Å²) < 4.78 is 19.5. The second-order valence-corrected chi connectivity index (χ2v) is 21.0. The first-order valence-corrected chi connectivity index (χ1v) is 18.0. The van der Waals surface area contributed by atoms with Gasteiger partial charge in [-0.3, -0.25) is 0 Å². The van der Waals surface area contributed by atoms with Crippen molar-refractivity contribution >= 4 is 45.6 Å². The van der Waals surface area contributed by atoms with Crippen LogP contribution in [0.4, 0.5) is 0 Å². The van der Waals surface area contributed by atoms with E-state index in [2.05, 4.69) is 63.5 Å². The first kappa shape index (κ1) is 20.5. The largest absolute Gasteiger partial charge is 0.432 e. The Bertz CT molecular complexity index is 581. The van der Waals surface area contributed by atoms with Gasteiger partial charge < -0.3 is 12.3 Å². The molecule has 0 amide bonds. The van der Waals surface area contributed by atoms with Gasteiger partial charge >= 0.3 is 18.6 Å². The van der Waals surface area contributed by atoms with Crippen LogP contribution in [0.3, 0.4) is 0 Å². The molecule has 25 heavy (non-hydrogen) atoms. The topological polar surface area (TPSA) is 27.7 Å². The van der Waals surface area contributed by atoms with Crippen molar-refractivity contribution in [2.45, 2.75) is 39.3 Å². The van der Waals surface area contributed by atoms with Crippen molar-refractivity contribution in [3.8, 4) is 0 Å². The Morgan fingerprint density at radius 3 is 1.16 bits per heavy atom. The van der Waals surface area contributed by atoms with Crippen molar-refractivity contribution in [1.29, 1.82) is 0 Å². The summed E-state index contributed by atoms with van der Waals surface area (Å²) in [6.07, 6.45) is 0. The molecule has 0 bridgehead atoms.